The van der Waals surface area contributed by atoms with E-state index in [-0.39, 0.29) is 6.03 Å². The van der Waals surface area contributed by atoms with E-state index in [1.54, 1.807) is 0 Å². The Bertz CT molecular complexity index is 533. The van der Waals surface area contributed by atoms with Crippen molar-refractivity contribution in [3.05, 3.63) is 17.5 Å². The second-order valence-corrected chi connectivity index (χ2v) is 7.15. The molecule has 1 atom stereocenters. The first-order valence-electron chi connectivity index (χ1n) is 9.24. The Hall–Kier alpha value is -1.52. The molecule has 5 heteroatoms. The topological polar surface area (TPSA) is 50.2 Å². The van der Waals surface area contributed by atoms with Crippen LogP contribution < -0.4 is 5.32 Å². The summed E-state index contributed by atoms with van der Waals surface area (Å²) >= 11 is 0. The highest BCUT2D eigenvalue weighted by atomic mass is 16.2. The second-order valence-electron chi connectivity index (χ2n) is 7.15. The molecule has 0 saturated heterocycles. The van der Waals surface area contributed by atoms with Crippen LogP contribution in [0.15, 0.2) is 6.20 Å². The number of urea groups is 1. The molecule has 1 aromatic rings. The van der Waals surface area contributed by atoms with E-state index in [9.17, 15) is 4.79 Å². The maximum atomic E-state index is 12.8. The van der Waals surface area contributed by atoms with Gasteiger partial charge in [-0.2, -0.15) is 5.10 Å². The Morgan fingerprint density at radius 1 is 1.39 bits per heavy atom. The van der Waals surface area contributed by atoms with Gasteiger partial charge < -0.3 is 10.2 Å². The lowest BCUT2D eigenvalue weighted by Crippen LogP contribution is -2.47. The maximum absolute atomic E-state index is 12.8. The van der Waals surface area contributed by atoms with Crippen molar-refractivity contribution in [2.75, 3.05) is 6.54 Å². The number of carbonyl (C=O) groups excluding carboxylic acids is 1. The lowest BCUT2D eigenvalue weighted by atomic mass is 9.94. The molecular weight excluding hydrogens is 288 g/mol. The van der Waals surface area contributed by atoms with Gasteiger partial charge in [0, 0.05) is 30.9 Å². The van der Waals surface area contributed by atoms with Crippen LogP contribution in [0.2, 0.25) is 0 Å². The number of hydrogen-bond donors (Lipinski definition) is 1. The molecule has 2 amide bonds. The van der Waals surface area contributed by atoms with Crippen LogP contribution in [-0.4, -0.2) is 33.3 Å². The van der Waals surface area contributed by atoms with Crippen molar-refractivity contribution in [3.63, 3.8) is 0 Å². The van der Waals surface area contributed by atoms with Crippen molar-refractivity contribution in [1.29, 1.82) is 0 Å². The molecule has 3 rings (SSSR count). The van der Waals surface area contributed by atoms with E-state index in [1.807, 2.05) is 22.8 Å². The van der Waals surface area contributed by atoms with Gasteiger partial charge in [-0.25, -0.2) is 4.79 Å². The number of hydrogen-bond acceptors (Lipinski definition) is 2. The standard InChI is InChI=1S/C18H30N4O/c1-3-7-16(14-8-4-5-9-14)20-18(23)22-11-6-10-17-15(13-22)12-19-21(17)2/h12,14,16H,3-11,13H2,1-2H3,(H,20,23). The van der Waals surface area contributed by atoms with E-state index in [0.29, 0.717) is 18.5 Å². The molecule has 23 heavy (non-hydrogen) atoms. The van der Waals surface area contributed by atoms with Gasteiger partial charge in [-0.05, 0) is 38.0 Å². The Kier molecular flexibility index (Phi) is 5.23. The first-order chi connectivity index (χ1) is 11.2. The van der Waals surface area contributed by atoms with Crippen molar-refractivity contribution >= 4 is 6.03 Å². The van der Waals surface area contributed by atoms with E-state index < -0.39 is 0 Å². The smallest absolute Gasteiger partial charge is 0.317 e. The van der Waals surface area contributed by atoms with Crippen LogP contribution >= 0.6 is 0 Å². The first kappa shape index (κ1) is 16.3. The molecular formula is C18H30N4O. The predicted octanol–water partition coefficient (Wildman–Crippen LogP) is 3.24. The van der Waals surface area contributed by atoms with Gasteiger partial charge >= 0.3 is 6.03 Å². The van der Waals surface area contributed by atoms with E-state index in [2.05, 4.69) is 17.3 Å². The van der Waals surface area contributed by atoms with Crippen LogP contribution in [0.4, 0.5) is 4.79 Å². The third-order valence-electron chi connectivity index (χ3n) is 5.52. The third kappa shape index (κ3) is 3.70. The number of aryl methyl sites for hydroxylation is 1. The van der Waals surface area contributed by atoms with Gasteiger partial charge in [-0.1, -0.05) is 26.2 Å². The Morgan fingerprint density at radius 3 is 2.91 bits per heavy atom. The zero-order valence-corrected chi connectivity index (χ0v) is 14.6. The Labute approximate surface area is 139 Å². The Balaban J connectivity index is 1.64. The SMILES string of the molecule is CCCC(NC(=O)N1CCCc2c(cnn2C)C1)C1CCCC1. The minimum Gasteiger partial charge on any atom is -0.335 e. The minimum atomic E-state index is 0.118. The molecule has 0 aromatic carbocycles. The summed E-state index contributed by atoms with van der Waals surface area (Å²) < 4.78 is 1.95. The van der Waals surface area contributed by atoms with Crippen LogP contribution in [0.3, 0.4) is 0 Å². The quantitative estimate of drug-likeness (QED) is 0.926. The molecule has 2 heterocycles. The largest absolute Gasteiger partial charge is 0.335 e. The second kappa shape index (κ2) is 7.37. The summed E-state index contributed by atoms with van der Waals surface area (Å²) in [6.45, 7) is 3.74. The number of aromatic nitrogens is 2. The van der Waals surface area contributed by atoms with Gasteiger partial charge in [0.1, 0.15) is 0 Å². The molecule has 1 saturated carbocycles. The summed E-state index contributed by atoms with van der Waals surface area (Å²) in [5.41, 5.74) is 2.48. The fraction of sp³-hybridized carbons (Fsp3) is 0.778. The van der Waals surface area contributed by atoms with Crippen LogP contribution in [0.25, 0.3) is 0 Å². The molecule has 5 nitrogen and oxygen atoms in total. The van der Waals surface area contributed by atoms with Gasteiger partial charge in [0.2, 0.25) is 0 Å². The molecule has 1 N–H and O–H groups in total. The fourth-order valence-corrected chi connectivity index (χ4v) is 4.20. The molecule has 0 spiro atoms. The Morgan fingerprint density at radius 2 is 2.17 bits per heavy atom. The maximum Gasteiger partial charge on any atom is 0.317 e. The van der Waals surface area contributed by atoms with Crippen LogP contribution in [0.1, 0.15) is 63.1 Å². The average Bonchev–Trinajstić information content (AvgIpc) is 3.12. The van der Waals surface area contributed by atoms with Crippen molar-refractivity contribution in [1.82, 2.24) is 20.0 Å². The zero-order chi connectivity index (χ0) is 16.2. The summed E-state index contributed by atoms with van der Waals surface area (Å²) in [4.78, 5) is 14.8. The number of fused-ring (bicyclic) bond motifs is 1. The highest BCUT2D eigenvalue weighted by Crippen LogP contribution is 2.30. The summed E-state index contributed by atoms with van der Waals surface area (Å²) in [6.07, 6.45) is 11.4. The number of amides is 2. The normalized spacial score (nSPS) is 20.2. The monoisotopic (exact) mass is 318 g/mol. The average molecular weight is 318 g/mol. The minimum absolute atomic E-state index is 0.118. The molecule has 128 valence electrons. The fourth-order valence-electron chi connectivity index (χ4n) is 4.20. The van der Waals surface area contributed by atoms with Crippen molar-refractivity contribution < 1.29 is 4.79 Å². The molecule has 1 unspecified atom stereocenters. The first-order valence-corrected chi connectivity index (χ1v) is 9.24. The predicted molar refractivity (Wildman–Crippen MR) is 91.1 cm³/mol. The third-order valence-corrected chi connectivity index (χ3v) is 5.52. The van der Waals surface area contributed by atoms with Gasteiger partial charge in [0.15, 0.2) is 0 Å². The molecule has 1 aromatic heterocycles. The number of nitrogens with zero attached hydrogens (tertiary/aromatic N) is 3. The van der Waals surface area contributed by atoms with E-state index in [1.165, 1.54) is 36.9 Å². The van der Waals surface area contributed by atoms with Gasteiger partial charge in [-0.3, -0.25) is 4.68 Å². The summed E-state index contributed by atoms with van der Waals surface area (Å²) in [7, 11) is 1.99. The molecule has 1 aliphatic carbocycles. The van der Waals surface area contributed by atoms with E-state index >= 15 is 0 Å². The van der Waals surface area contributed by atoms with Crippen molar-refractivity contribution in [3.8, 4) is 0 Å². The number of nitrogens with one attached hydrogen (secondary N) is 1. The van der Waals surface area contributed by atoms with Crippen molar-refractivity contribution in [2.45, 2.75) is 70.9 Å². The molecule has 0 bridgehead atoms. The van der Waals surface area contributed by atoms with Crippen LogP contribution in [-0.2, 0) is 20.0 Å². The zero-order valence-electron chi connectivity index (χ0n) is 14.6. The van der Waals surface area contributed by atoms with E-state index in [0.717, 1.165) is 32.2 Å². The number of carbonyl (C=O) groups is 1. The lowest BCUT2D eigenvalue weighted by molar-refractivity contribution is 0.185. The molecule has 0 radical (unpaired) electrons. The van der Waals surface area contributed by atoms with Gasteiger partial charge in [-0.15, -0.1) is 0 Å². The van der Waals surface area contributed by atoms with Gasteiger partial charge in [0.25, 0.3) is 0 Å². The highest BCUT2D eigenvalue weighted by Gasteiger charge is 2.28. The molecule has 1 aliphatic heterocycles. The summed E-state index contributed by atoms with van der Waals surface area (Å²) in [5, 5.41) is 7.70. The van der Waals surface area contributed by atoms with E-state index in [4.69, 9.17) is 0 Å². The number of rotatable bonds is 4. The molecule has 2 aliphatic rings. The van der Waals surface area contributed by atoms with Crippen molar-refractivity contribution in [2.24, 2.45) is 13.0 Å². The lowest BCUT2D eigenvalue weighted by Gasteiger charge is -2.28. The van der Waals surface area contributed by atoms with Crippen LogP contribution in [0, 0.1) is 5.92 Å². The molecule has 1 fully saturated rings. The summed E-state index contributed by atoms with van der Waals surface area (Å²) in [6, 6.07) is 0.471. The van der Waals surface area contributed by atoms with Gasteiger partial charge in [0.05, 0.1) is 12.7 Å². The highest BCUT2D eigenvalue weighted by molar-refractivity contribution is 5.74. The van der Waals surface area contributed by atoms with Crippen LogP contribution in [0.5, 0.6) is 0 Å². The summed E-state index contributed by atoms with van der Waals surface area (Å²) in [5.74, 6) is 0.680.